The normalized spacial score (nSPS) is 10.3. The summed E-state index contributed by atoms with van der Waals surface area (Å²) in [5.41, 5.74) is 6.47. The van der Waals surface area contributed by atoms with Gasteiger partial charge in [-0.15, -0.1) is 4.98 Å². The zero-order chi connectivity index (χ0) is 13.8. The zero-order valence-corrected chi connectivity index (χ0v) is 11.3. The van der Waals surface area contributed by atoms with E-state index in [-0.39, 0.29) is 18.0 Å². The Morgan fingerprint density at radius 1 is 1.21 bits per heavy atom. The van der Waals surface area contributed by atoms with Gasteiger partial charge in [-0.3, -0.25) is 0 Å². The molecule has 2 rings (SSSR count). The third kappa shape index (κ3) is 3.45. The number of nitrogens with zero attached hydrogens (tertiary/aromatic N) is 3. The van der Waals surface area contributed by atoms with Crippen molar-refractivity contribution in [3.05, 3.63) is 28.8 Å². The van der Waals surface area contributed by atoms with E-state index in [0.29, 0.717) is 17.4 Å². The number of rotatable bonds is 4. The highest BCUT2D eigenvalue weighted by atomic mass is 35.5. The topological polar surface area (TPSA) is 83.2 Å². The number of benzene rings is 1. The van der Waals surface area contributed by atoms with Crippen molar-refractivity contribution in [2.75, 3.05) is 12.3 Å². The Bertz CT molecular complexity index is 592. The predicted octanol–water partition coefficient (Wildman–Crippen LogP) is 2.61. The van der Waals surface area contributed by atoms with Crippen molar-refractivity contribution in [2.45, 2.75) is 13.8 Å². The van der Waals surface area contributed by atoms with Crippen LogP contribution >= 0.6 is 11.6 Å². The molecule has 0 aliphatic rings. The minimum atomic E-state index is 0.0353. The number of ether oxygens (including phenoxy) is 2. The first-order valence-electron chi connectivity index (χ1n) is 5.67. The molecule has 7 heteroatoms. The van der Waals surface area contributed by atoms with Gasteiger partial charge in [-0.1, -0.05) is 17.7 Å². The first-order chi connectivity index (χ1) is 9.08. The fourth-order valence-corrected chi connectivity index (χ4v) is 1.54. The summed E-state index contributed by atoms with van der Waals surface area (Å²) in [6.45, 7) is 4.14. The number of aromatic nitrogens is 3. The molecular weight excluding hydrogens is 268 g/mol. The van der Waals surface area contributed by atoms with Gasteiger partial charge in [-0.25, -0.2) is 0 Å². The second kappa shape index (κ2) is 5.71. The molecule has 0 aliphatic carbocycles. The summed E-state index contributed by atoms with van der Waals surface area (Å²) in [7, 11) is 0. The van der Waals surface area contributed by atoms with E-state index in [1.807, 2.05) is 19.9 Å². The van der Waals surface area contributed by atoms with E-state index in [4.69, 9.17) is 26.8 Å². The Balaban J connectivity index is 2.29. The molecule has 0 amide bonds. The number of nitrogens with two attached hydrogens (primary N) is 1. The van der Waals surface area contributed by atoms with Gasteiger partial charge in [0.2, 0.25) is 5.95 Å². The molecule has 100 valence electrons. The number of nitrogen functional groups attached to an aromatic ring is 1. The fourth-order valence-electron chi connectivity index (χ4n) is 1.37. The molecule has 0 radical (unpaired) electrons. The van der Waals surface area contributed by atoms with E-state index in [1.165, 1.54) is 0 Å². The van der Waals surface area contributed by atoms with E-state index in [0.717, 1.165) is 5.56 Å². The highest BCUT2D eigenvalue weighted by Gasteiger charge is 2.09. The van der Waals surface area contributed by atoms with Crippen molar-refractivity contribution >= 4 is 17.5 Å². The van der Waals surface area contributed by atoms with Gasteiger partial charge in [-0.05, 0) is 31.5 Å². The van der Waals surface area contributed by atoms with Crippen LogP contribution in [0, 0.1) is 6.92 Å². The van der Waals surface area contributed by atoms with Crippen LogP contribution in [0.2, 0.25) is 5.02 Å². The van der Waals surface area contributed by atoms with Gasteiger partial charge in [0.25, 0.3) is 0 Å². The Hall–Kier alpha value is -2.08. The molecule has 6 nitrogen and oxygen atoms in total. The minimum absolute atomic E-state index is 0.0353. The smallest absolute Gasteiger partial charge is 0.330 e. The second-order valence-electron chi connectivity index (χ2n) is 3.70. The van der Waals surface area contributed by atoms with Crippen LogP contribution in [0.1, 0.15) is 12.5 Å². The average molecular weight is 281 g/mol. The van der Waals surface area contributed by atoms with Crippen molar-refractivity contribution in [1.29, 1.82) is 0 Å². The fraction of sp³-hybridized carbons (Fsp3) is 0.250. The van der Waals surface area contributed by atoms with Gasteiger partial charge in [-0.2, -0.15) is 9.97 Å². The SMILES string of the molecule is CCOc1nc(N)nc(Oc2cc(Cl)ccc2C)n1. The average Bonchev–Trinajstić information content (AvgIpc) is 2.33. The molecule has 0 spiro atoms. The van der Waals surface area contributed by atoms with E-state index in [9.17, 15) is 0 Å². The van der Waals surface area contributed by atoms with Crippen LogP contribution in [0.4, 0.5) is 5.95 Å². The lowest BCUT2D eigenvalue weighted by atomic mass is 10.2. The largest absolute Gasteiger partial charge is 0.464 e. The van der Waals surface area contributed by atoms with Crippen molar-refractivity contribution < 1.29 is 9.47 Å². The van der Waals surface area contributed by atoms with Crippen LogP contribution in [0.3, 0.4) is 0 Å². The second-order valence-corrected chi connectivity index (χ2v) is 4.14. The van der Waals surface area contributed by atoms with Gasteiger partial charge in [0.05, 0.1) is 6.61 Å². The van der Waals surface area contributed by atoms with Crippen molar-refractivity contribution in [3.8, 4) is 17.8 Å². The summed E-state index contributed by atoms with van der Waals surface area (Å²) in [5, 5.41) is 0.563. The molecule has 0 aliphatic heterocycles. The number of hydrogen-bond donors (Lipinski definition) is 1. The molecule has 0 atom stereocenters. The summed E-state index contributed by atoms with van der Waals surface area (Å²) in [4.78, 5) is 11.7. The molecule has 0 bridgehead atoms. The summed E-state index contributed by atoms with van der Waals surface area (Å²) < 4.78 is 10.7. The molecule has 19 heavy (non-hydrogen) atoms. The molecule has 2 aromatic rings. The lowest BCUT2D eigenvalue weighted by Gasteiger charge is -2.08. The maximum absolute atomic E-state index is 5.91. The van der Waals surface area contributed by atoms with Crippen molar-refractivity contribution in [3.63, 3.8) is 0 Å². The van der Waals surface area contributed by atoms with E-state index in [1.54, 1.807) is 12.1 Å². The molecule has 0 unspecified atom stereocenters. The molecule has 0 saturated heterocycles. The van der Waals surface area contributed by atoms with E-state index < -0.39 is 0 Å². The van der Waals surface area contributed by atoms with E-state index in [2.05, 4.69) is 15.0 Å². The van der Waals surface area contributed by atoms with Gasteiger partial charge in [0.15, 0.2) is 0 Å². The number of anilines is 1. The Labute approximate surface area is 115 Å². The predicted molar refractivity (Wildman–Crippen MR) is 71.7 cm³/mol. The highest BCUT2D eigenvalue weighted by Crippen LogP contribution is 2.26. The standard InChI is InChI=1S/C12H13ClN4O2/c1-3-18-11-15-10(14)16-12(17-11)19-9-6-8(13)5-4-7(9)2/h4-6H,3H2,1-2H3,(H2,14,15,16,17). The third-order valence-electron chi connectivity index (χ3n) is 2.24. The quantitative estimate of drug-likeness (QED) is 0.927. The van der Waals surface area contributed by atoms with Crippen LogP contribution in [-0.2, 0) is 0 Å². The van der Waals surface area contributed by atoms with Crippen LogP contribution in [0.25, 0.3) is 0 Å². The first-order valence-corrected chi connectivity index (χ1v) is 6.04. The Kier molecular flexibility index (Phi) is 4.01. The summed E-state index contributed by atoms with van der Waals surface area (Å²) in [5.74, 6) is 0.591. The van der Waals surface area contributed by atoms with Crippen LogP contribution < -0.4 is 15.2 Å². The van der Waals surface area contributed by atoms with Gasteiger partial charge in [0, 0.05) is 5.02 Å². The number of aryl methyl sites for hydroxylation is 1. The summed E-state index contributed by atoms with van der Waals surface area (Å²) >= 11 is 5.91. The van der Waals surface area contributed by atoms with Gasteiger partial charge in [0.1, 0.15) is 5.75 Å². The summed E-state index contributed by atoms with van der Waals surface area (Å²) in [6.07, 6.45) is 0. The molecule has 1 aromatic carbocycles. The van der Waals surface area contributed by atoms with Gasteiger partial charge >= 0.3 is 12.0 Å². The molecule has 0 fully saturated rings. The molecule has 2 N–H and O–H groups in total. The lowest BCUT2D eigenvalue weighted by molar-refractivity contribution is 0.304. The monoisotopic (exact) mass is 280 g/mol. The van der Waals surface area contributed by atoms with Crippen LogP contribution in [0.15, 0.2) is 18.2 Å². The zero-order valence-electron chi connectivity index (χ0n) is 10.6. The summed E-state index contributed by atoms with van der Waals surface area (Å²) in [6, 6.07) is 5.49. The van der Waals surface area contributed by atoms with Crippen LogP contribution in [-0.4, -0.2) is 21.6 Å². The highest BCUT2D eigenvalue weighted by molar-refractivity contribution is 6.30. The van der Waals surface area contributed by atoms with Crippen molar-refractivity contribution in [2.24, 2.45) is 0 Å². The lowest BCUT2D eigenvalue weighted by Crippen LogP contribution is -2.05. The number of hydrogen-bond acceptors (Lipinski definition) is 6. The third-order valence-corrected chi connectivity index (χ3v) is 2.47. The molecule has 0 saturated carbocycles. The maximum Gasteiger partial charge on any atom is 0.330 e. The molecule has 1 aromatic heterocycles. The first kappa shape index (κ1) is 13.4. The Morgan fingerprint density at radius 2 is 1.95 bits per heavy atom. The van der Waals surface area contributed by atoms with Crippen molar-refractivity contribution in [1.82, 2.24) is 15.0 Å². The Morgan fingerprint density at radius 3 is 2.68 bits per heavy atom. The van der Waals surface area contributed by atoms with Crippen LogP contribution in [0.5, 0.6) is 17.8 Å². The van der Waals surface area contributed by atoms with Gasteiger partial charge < -0.3 is 15.2 Å². The molecular formula is C12H13ClN4O2. The maximum atomic E-state index is 5.91. The number of halogens is 1. The minimum Gasteiger partial charge on any atom is -0.464 e. The molecule has 1 heterocycles. The van der Waals surface area contributed by atoms with E-state index >= 15 is 0 Å².